The number of rotatable bonds is 5. The molecule has 4 amide bonds. The molecule has 1 heterocycles. The highest BCUT2D eigenvalue weighted by atomic mass is 16.2. The molecule has 0 spiro atoms. The van der Waals surface area contributed by atoms with Crippen molar-refractivity contribution in [2.75, 3.05) is 32.0 Å². The molecule has 1 atom stereocenters. The van der Waals surface area contributed by atoms with E-state index in [1.807, 2.05) is 6.92 Å². The van der Waals surface area contributed by atoms with Crippen molar-refractivity contribution in [3.8, 4) is 0 Å². The summed E-state index contributed by atoms with van der Waals surface area (Å²) in [6.07, 6.45) is 2.52. The Kier molecular flexibility index (Phi) is 6.80. The summed E-state index contributed by atoms with van der Waals surface area (Å²) >= 11 is 0. The number of hydrogen-bond acceptors (Lipinski definition) is 3. The zero-order valence-electron chi connectivity index (χ0n) is 14.8. The van der Waals surface area contributed by atoms with Crippen molar-refractivity contribution in [1.29, 1.82) is 0 Å². The lowest BCUT2D eigenvalue weighted by Crippen LogP contribution is -2.47. The second kappa shape index (κ2) is 9.05. The molecular weight excluding hydrogens is 320 g/mol. The fraction of sp³-hybridized carbons (Fsp3) is 0.500. The molecule has 3 N–H and O–H groups in total. The van der Waals surface area contributed by atoms with Gasteiger partial charge in [0.1, 0.15) is 0 Å². The Morgan fingerprint density at radius 1 is 1.20 bits per heavy atom. The number of urea groups is 1. The third kappa shape index (κ3) is 5.20. The lowest BCUT2D eigenvalue weighted by molar-refractivity contribution is -0.126. The molecule has 25 heavy (non-hydrogen) atoms. The van der Waals surface area contributed by atoms with Crippen molar-refractivity contribution >= 4 is 23.5 Å². The Morgan fingerprint density at radius 3 is 2.56 bits per heavy atom. The van der Waals surface area contributed by atoms with Crippen molar-refractivity contribution in [2.24, 2.45) is 5.92 Å². The Bertz CT molecular complexity index is 615. The third-order valence-corrected chi connectivity index (χ3v) is 4.25. The standard InChI is InChI=1S/C18H26N4O3/c1-3-10-20-17(24)14-5-4-11-22(12-14)18(25)21-15-8-6-13(7-9-15)16(23)19-2/h6-9,14H,3-5,10-12H2,1-2H3,(H,19,23)(H,20,24)(H,21,25)/t14-/m1/s1. The van der Waals surface area contributed by atoms with E-state index in [-0.39, 0.29) is 23.8 Å². The van der Waals surface area contributed by atoms with Crippen LogP contribution >= 0.6 is 0 Å². The van der Waals surface area contributed by atoms with Gasteiger partial charge in [0.25, 0.3) is 5.91 Å². The molecule has 1 fully saturated rings. The monoisotopic (exact) mass is 346 g/mol. The topological polar surface area (TPSA) is 90.5 Å². The third-order valence-electron chi connectivity index (χ3n) is 4.25. The van der Waals surface area contributed by atoms with Crippen molar-refractivity contribution in [2.45, 2.75) is 26.2 Å². The van der Waals surface area contributed by atoms with Crippen LogP contribution in [0, 0.1) is 5.92 Å². The molecule has 1 aliphatic heterocycles. The molecule has 0 bridgehead atoms. The number of nitrogens with one attached hydrogen (secondary N) is 3. The van der Waals surface area contributed by atoms with Crippen molar-refractivity contribution < 1.29 is 14.4 Å². The average molecular weight is 346 g/mol. The van der Waals surface area contributed by atoms with E-state index in [1.165, 1.54) is 0 Å². The maximum atomic E-state index is 12.4. The molecule has 0 aliphatic carbocycles. The minimum absolute atomic E-state index is 0.0225. The highest BCUT2D eigenvalue weighted by Crippen LogP contribution is 2.18. The van der Waals surface area contributed by atoms with Gasteiger partial charge in [-0.1, -0.05) is 6.92 Å². The van der Waals surface area contributed by atoms with E-state index >= 15 is 0 Å². The summed E-state index contributed by atoms with van der Waals surface area (Å²) in [6, 6.07) is 6.48. The summed E-state index contributed by atoms with van der Waals surface area (Å²) in [4.78, 5) is 37.7. The van der Waals surface area contributed by atoms with Crippen molar-refractivity contribution in [3.05, 3.63) is 29.8 Å². The minimum atomic E-state index is -0.222. The number of carbonyl (C=O) groups excluding carboxylic acids is 3. The van der Waals surface area contributed by atoms with E-state index in [1.54, 1.807) is 36.2 Å². The average Bonchev–Trinajstić information content (AvgIpc) is 2.66. The second-order valence-electron chi connectivity index (χ2n) is 6.16. The maximum absolute atomic E-state index is 12.4. The van der Waals surface area contributed by atoms with Crippen LogP contribution in [0.2, 0.25) is 0 Å². The number of likely N-dealkylation sites (tertiary alicyclic amines) is 1. The molecule has 0 aromatic heterocycles. The normalized spacial score (nSPS) is 16.9. The second-order valence-corrected chi connectivity index (χ2v) is 6.16. The quantitative estimate of drug-likeness (QED) is 0.759. The first-order chi connectivity index (χ1) is 12.0. The molecular formula is C18H26N4O3. The zero-order chi connectivity index (χ0) is 18.2. The zero-order valence-corrected chi connectivity index (χ0v) is 14.8. The fourth-order valence-corrected chi connectivity index (χ4v) is 2.82. The summed E-state index contributed by atoms with van der Waals surface area (Å²) in [7, 11) is 1.57. The summed E-state index contributed by atoms with van der Waals surface area (Å²) in [5, 5.41) is 8.27. The summed E-state index contributed by atoms with van der Waals surface area (Å²) in [5.41, 5.74) is 1.15. The number of nitrogens with zero attached hydrogens (tertiary/aromatic N) is 1. The van der Waals surface area contributed by atoms with E-state index in [9.17, 15) is 14.4 Å². The van der Waals surface area contributed by atoms with Crippen LogP contribution in [0.4, 0.5) is 10.5 Å². The molecule has 2 rings (SSSR count). The predicted octanol–water partition coefficient (Wildman–Crippen LogP) is 1.82. The SMILES string of the molecule is CCCNC(=O)[C@@H]1CCCN(C(=O)Nc2ccc(C(=O)NC)cc2)C1. The highest BCUT2D eigenvalue weighted by Gasteiger charge is 2.28. The van der Waals surface area contributed by atoms with Crippen LogP contribution in [-0.2, 0) is 4.79 Å². The van der Waals surface area contributed by atoms with Gasteiger partial charge in [0.15, 0.2) is 0 Å². The lowest BCUT2D eigenvalue weighted by atomic mass is 9.97. The van der Waals surface area contributed by atoms with Gasteiger partial charge >= 0.3 is 6.03 Å². The lowest BCUT2D eigenvalue weighted by Gasteiger charge is -2.32. The molecule has 0 unspecified atom stereocenters. The Balaban J connectivity index is 1.91. The molecule has 0 radical (unpaired) electrons. The minimum Gasteiger partial charge on any atom is -0.356 e. The summed E-state index contributed by atoms with van der Waals surface area (Å²) < 4.78 is 0. The first kappa shape index (κ1) is 18.8. The van der Waals surface area contributed by atoms with Crippen LogP contribution in [-0.4, -0.2) is 49.4 Å². The van der Waals surface area contributed by atoms with E-state index in [2.05, 4.69) is 16.0 Å². The van der Waals surface area contributed by atoms with Gasteiger partial charge in [0.05, 0.1) is 5.92 Å². The van der Waals surface area contributed by atoms with Gasteiger partial charge in [-0.15, -0.1) is 0 Å². The van der Waals surface area contributed by atoms with Crippen LogP contribution in [0.25, 0.3) is 0 Å². The van der Waals surface area contributed by atoms with E-state index in [0.29, 0.717) is 30.9 Å². The fourth-order valence-electron chi connectivity index (χ4n) is 2.82. The molecule has 1 aliphatic rings. The van der Waals surface area contributed by atoms with Crippen molar-refractivity contribution in [1.82, 2.24) is 15.5 Å². The smallest absolute Gasteiger partial charge is 0.321 e. The van der Waals surface area contributed by atoms with Gasteiger partial charge in [-0.3, -0.25) is 9.59 Å². The number of anilines is 1. The van der Waals surface area contributed by atoms with E-state index < -0.39 is 0 Å². The molecule has 7 heteroatoms. The summed E-state index contributed by atoms with van der Waals surface area (Å²) in [6.45, 7) is 3.74. The highest BCUT2D eigenvalue weighted by molar-refractivity contribution is 5.95. The van der Waals surface area contributed by atoms with Gasteiger partial charge in [0.2, 0.25) is 5.91 Å². The summed E-state index contributed by atoms with van der Waals surface area (Å²) in [5.74, 6) is -0.300. The molecule has 0 saturated carbocycles. The van der Waals surface area contributed by atoms with Crippen LogP contribution in [0.5, 0.6) is 0 Å². The first-order valence-corrected chi connectivity index (χ1v) is 8.71. The van der Waals surface area contributed by atoms with Crippen LogP contribution in [0.3, 0.4) is 0 Å². The predicted molar refractivity (Wildman–Crippen MR) is 96.4 cm³/mol. The van der Waals surface area contributed by atoms with Gasteiger partial charge in [-0.05, 0) is 43.5 Å². The first-order valence-electron chi connectivity index (χ1n) is 8.71. The van der Waals surface area contributed by atoms with E-state index in [4.69, 9.17) is 0 Å². The molecule has 1 aromatic carbocycles. The van der Waals surface area contributed by atoms with E-state index in [0.717, 1.165) is 19.3 Å². The molecule has 1 aromatic rings. The van der Waals surface area contributed by atoms with Gasteiger partial charge in [0, 0.05) is 37.9 Å². The largest absolute Gasteiger partial charge is 0.356 e. The molecule has 1 saturated heterocycles. The number of benzene rings is 1. The van der Waals surface area contributed by atoms with Gasteiger partial charge < -0.3 is 20.9 Å². The number of piperidine rings is 1. The van der Waals surface area contributed by atoms with Gasteiger partial charge in [-0.25, -0.2) is 4.79 Å². The number of hydrogen-bond donors (Lipinski definition) is 3. The Labute approximate surface area is 148 Å². The molecule has 7 nitrogen and oxygen atoms in total. The number of carbonyl (C=O) groups is 3. The Hall–Kier alpha value is -2.57. The van der Waals surface area contributed by atoms with Crippen LogP contribution in [0.1, 0.15) is 36.5 Å². The van der Waals surface area contributed by atoms with Crippen molar-refractivity contribution in [3.63, 3.8) is 0 Å². The maximum Gasteiger partial charge on any atom is 0.321 e. The van der Waals surface area contributed by atoms with Gasteiger partial charge in [-0.2, -0.15) is 0 Å². The Morgan fingerprint density at radius 2 is 1.92 bits per heavy atom. The van der Waals surface area contributed by atoms with Crippen LogP contribution < -0.4 is 16.0 Å². The number of amides is 4. The van der Waals surface area contributed by atoms with Crippen LogP contribution in [0.15, 0.2) is 24.3 Å². The molecule has 136 valence electrons.